The monoisotopic (exact) mass is 360 g/mol. The molecule has 3 rings (SSSR count). The van der Waals surface area contributed by atoms with Gasteiger partial charge in [0.2, 0.25) is 0 Å². The number of nitrogens with one attached hydrogen (secondary N) is 2. The van der Waals surface area contributed by atoms with Crippen molar-refractivity contribution in [2.45, 2.75) is 20.0 Å². The Hall–Kier alpha value is -2.73. The number of amides is 2. The molecule has 1 aliphatic rings. The van der Waals surface area contributed by atoms with Gasteiger partial charge in [-0.2, -0.15) is 0 Å². The third kappa shape index (κ3) is 3.85. The first-order chi connectivity index (χ1) is 11.9. The molecule has 1 atom stereocenters. The van der Waals surface area contributed by atoms with E-state index >= 15 is 0 Å². The second-order valence-corrected chi connectivity index (χ2v) is 6.11. The van der Waals surface area contributed by atoms with E-state index in [0.717, 1.165) is 5.56 Å². The van der Waals surface area contributed by atoms with Crippen molar-refractivity contribution >= 4 is 34.8 Å². The van der Waals surface area contributed by atoms with Crippen LogP contribution >= 0.6 is 11.6 Å². The summed E-state index contributed by atoms with van der Waals surface area (Å²) in [6, 6.07) is 10.5. The van der Waals surface area contributed by atoms with Crippen LogP contribution in [-0.4, -0.2) is 24.5 Å². The minimum Gasteiger partial charge on any atom is -0.479 e. The lowest BCUT2D eigenvalue weighted by atomic mass is 10.2. The lowest BCUT2D eigenvalue weighted by molar-refractivity contribution is -0.122. The Bertz CT molecular complexity index is 838. The van der Waals surface area contributed by atoms with Crippen molar-refractivity contribution in [3.05, 3.63) is 47.0 Å². The van der Waals surface area contributed by atoms with Crippen LogP contribution in [-0.2, 0) is 9.59 Å². The zero-order valence-corrected chi connectivity index (χ0v) is 14.5. The topological polar surface area (TPSA) is 76.7 Å². The fourth-order valence-corrected chi connectivity index (χ4v) is 2.55. The summed E-state index contributed by atoms with van der Waals surface area (Å²) >= 11 is 6.10. The van der Waals surface area contributed by atoms with E-state index in [0.29, 0.717) is 27.9 Å². The fraction of sp³-hybridized carbons (Fsp3) is 0.222. The zero-order chi connectivity index (χ0) is 18.0. The number of carbonyl (C=O) groups is 2. The maximum absolute atomic E-state index is 12.4. The van der Waals surface area contributed by atoms with Crippen molar-refractivity contribution in [2.75, 3.05) is 17.2 Å². The highest BCUT2D eigenvalue weighted by Gasteiger charge is 2.22. The van der Waals surface area contributed by atoms with Gasteiger partial charge in [0.15, 0.2) is 18.5 Å². The molecular weight excluding hydrogens is 344 g/mol. The van der Waals surface area contributed by atoms with Crippen LogP contribution in [0.4, 0.5) is 11.4 Å². The Balaban J connectivity index is 1.73. The summed E-state index contributed by atoms with van der Waals surface area (Å²) < 4.78 is 11.1. The van der Waals surface area contributed by atoms with Gasteiger partial charge in [-0.1, -0.05) is 23.7 Å². The van der Waals surface area contributed by atoms with E-state index < -0.39 is 6.10 Å². The predicted molar refractivity (Wildman–Crippen MR) is 95.5 cm³/mol. The molecule has 6 nitrogen and oxygen atoms in total. The standard InChI is InChI=1S/C18H17ClN2O4/c1-10-6-7-12(19)15(8-10)25-11(2)18(23)21-14-5-3-4-13-17(14)24-9-16(22)20-13/h3-8,11H,9H2,1-2H3,(H,20,22)(H,21,23). The van der Waals surface area contributed by atoms with Crippen LogP contribution < -0.4 is 20.1 Å². The van der Waals surface area contributed by atoms with E-state index in [2.05, 4.69) is 10.6 Å². The van der Waals surface area contributed by atoms with Gasteiger partial charge in [-0.25, -0.2) is 0 Å². The summed E-state index contributed by atoms with van der Waals surface area (Å²) in [6.45, 7) is 3.45. The van der Waals surface area contributed by atoms with Gasteiger partial charge in [-0.15, -0.1) is 0 Å². The Morgan fingerprint density at radius 3 is 2.96 bits per heavy atom. The van der Waals surface area contributed by atoms with Crippen LogP contribution in [0.25, 0.3) is 0 Å². The number of hydrogen-bond acceptors (Lipinski definition) is 4. The average Bonchev–Trinajstić information content (AvgIpc) is 2.58. The van der Waals surface area contributed by atoms with E-state index in [1.54, 1.807) is 37.3 Å². The van der Waals surface area contributed by atoms with E-state index in [4.69, 9.17) is 21.1 Å². The third-order valence-electron chi connectivity index (χ3n) is 3.65. The first-order valence-corrected chi connectivity index (χ1v) is 8.11. The number of ether oxygens (including phenoxy) is 2. The molecule has 2 aromatic rings. The Labute approximate surface area is 150 Å². The summed E-state index contributed by atoms with van der Waals surface area (Å²) in [5.41, 5.74) is 1.96. The fourth-order valence-electron chi connectivity index (χ4n) is 2.39. The van der Waals surface area contributed by atoms with Crippen LogP contribution in [0.2, 0.25) is 5.02 Å². The van der Waals surface area contributed by atoms with Gasteiger partial charge in [0, 0.05) is 0 Å². The molecule has 0 aliphatic carbocycles. The summed E-state index contributed by atoms with van der Waals surface area (Å²) in [5, 5.41) is 5.89. The van der Waals surface area contributed by atoms with Gasteiger partial charge in [-0.3, -0.25) is 9.59 Å². The summed E-state index contributed by atoms with van der Waals surface area (Å²) in [5.74, 6) is 0.285. The summed E-state index contributed by atoms with van der Waals surface area (Å²) in [7, 11) is 0. The molecule has 1 aliphatic heterocycles. The van der Waals surface area contributed by atoms with Gasteiger partial charge >= 0.3 is 0 Å². The van der Waals surface area contributed by atoms with E-state index in [-0.39, 0.29) is 18.4 Å². The molecule has 0 saturated carbocycles. The first-order valence-electron chi connectivity index (χ1n) is 7.73. The molecular formula is C18H17ClN2O4. The number of aryl methyl sites for hydroxylation is 1. The largest absolute Gasteiger partial charge is 0.479 e. The maximum Gasteiger partial charge on any atom is 0.265 e. The van der Waals surface area contributed by atoms with Gasteiger partial charge in [0.1, 0.15) is 5.75 Å². The second kappa shape index (κ2) is 7.03. The van der Waals surface area contributed by atoms with Crippen LogP contribution in [0.5, 0.6) is 11.5 Å². The van der Waals surface area contributed by atoms with Crippen LogP contribution in [0.1, 0.15) is 12.5 Å². The maximum atomic E-state index is 12.4. The highest BCUT2D eigenvalue weighted by molar-refractivity contribution is 6.32. The van der Waals surface area contributed by atoms with Gasteiger partial charge in [0.05, 0.1) is 16.4 Å². The lowest BCUT2D eigenvalue weighted by Crippen LogP contribution is -2.31. The highest BCUT2D eigenvalue weighted by Crippen LogP contribution is 2.35. The van der Waals surface area contributed by atoms with Crippen molar-refractivity contribution in [3.63, 3.8) is 0 Å². The van der Waals surface area contributed by atoms with E-state index in [1.807, 2.05) is 13.0 Å². The van der Waals surface area contributed by atoms with Crippen molar-refractivity contribution < 1.29 is 19.1 Å². The first kappa shape index (κ1) is 17.1. The predicted octanol–water partition coefficient (Wildman–Crippen LogP) is 3.39. The molecule has 0 bridgehead atoms. The molecule has 2 N–H and O–H groups in total. The number of rotatable bonds is 4. The number of fused-ring (bicyclic) bond motifs is 1. The molecule has 2 aromatic carbocycles. The summed E-state index contributed by atoms with van der Waals surface area (Å²) in [6.07, 6.45) is -0.770. The van der Waals surface area contributed by atoms with Gasteiger partial charge in [0.25, 0.3) is 11.8 Å². The summed E-state index contributed by atoms with van der Waals surface area (Å²) in [4.78, 5) is 23.8. The Morgan fingerprint density at radius 1 is 1.36 bits per heavy atom. The zero-order valence-electron chi connectivity index (χ0n) is 13.8. The SMILES string of the molecule is Cc1ccc(Cl)c(OC(C)C(=O)Nc2cccc3c2OCC(=O)N3)c1. The van der Waals surface area contributed by atoms with Crippen LogP contribution in [0, 0.1) is 6.92 Å². The minimum atomic E-state index is -0.770. The molecule has 1 heterocycles. The molecule has 25 heavy (non-hydrogen) atoms. The van der Waals surface area contributed by atoms with E-state index in [1.165, 1.54) is 0 Å². The highest BCUT2D eigenvalue weighted by atomic mass is 35.5. The molecule has 0 fully saturated rings. The smallest absolute Gasteiger partial charge is 0.265 e. The number of anilines is 2. The lowest BCUT2D eigenvalue weighted by Gasteiger charge is -2.22. The molecule has 7 heteroatoms. The Morgan fingerprint density at radius 2 is 2.16 bits per heavy atom. The van der Waals surface area contributed by atoms with Crippen molar-refractivity contribution in [1.29, 1.82) is 0 Å². The number of halogens is 1. The molecule has 0 aromatic heterocycles. The molecule has 0 radical (unpaired) electrons. The van der Waals surface area contributed by atoms with Crippen LogP contribution in [0.3, 0.4) is 0 Å². The van der Waals surface area contributed by atoms with Gasteiger partial charge < -0.3 is 20.1 Å². The van der Waals surface area contributed by atoms with Crippen LogP contribution in [0.15, 0.2) is 36.4 Å². The third-order valence-corrected chi connectivity index (χ3v) is 3.97. The minimum absolute atomic E-state index is 0.0924. The quantitative estimate of drug-likeness (QED) is 0.876. The van der Waals surface area contributed by atoms with Crippen molar-refractivity contribution in [1.82, 2.24) is 0 Å². The number of carbonyl (C=O) groups excluding carboxylic acids is 2. The second-order valence-electron chi connectivity index (χ2n) is 5.70. The molecule has 130 valence electrons. The number of para-hydroxylation sites is 1. The number of benzene rings is 2. The molecule has 0 spiro atoms. The van der Waals surface area contributed by atoms with Gasteiger partial charge in [-0.05, 0) is 43.7 Å². The van der Waals surface area contributed by atoms with E-state index in [9.17, 15) is 9.59 Å². The van der Waals surface area contributed by atoms with Crippen molar-refractivity contribution in [2.24, 2.45) is 0 Å². The normalized spacial score (nSPS) is 14.0. The molecule has 1 unspecified atom stereocenters. The van der Waals surface area contributed by atoms with Crippen molar-refractivity contribution in [3.8, 4) is 11.5 Å². The number of hydrogen-bond donors (Lipinski definition) is 2. The average molecular weight is 361 g/mol. The molecule has 2 amide bonds. The molecule has 0 saturated heterocycles. The Kier molecular flexibility index (Phi) is 4.81.